The van der Waals surface area contributed by atoms with Crippen LogP contribution in [-0.4, -0.2) is 6.17 Å². The quantitative estimate of drug-likeness (QED) is 0.242. The highest BCUT2D eigenvalue weighted by molar-refractivity contribution is 5.28. The van der Waals surface area contributed by atoms with Gasteiger partial charge in [0.25, 0.3) is 0 Å². The summed E-state index contributed by atoms with van der Waals surface area (Å²) in [7, 11) is 0. The third-order valence-electron chi connectivity index (χ3n) is 6.75. The number of rotatable bonds is 9. The Morgan fingerprint density at radius 2 is 1.32 bits per heavy atom. The number of allylic oxidation sites excluding steroid dienone is 7. The number of aryl methyl sites for hydroxylation is 2. The minimum Gasteiger partial charge on any atom is -0.248 e. The highest BCUT2D eigenvalue weighted by Gasteiger charge is 2.11. The van der Waals surface area contributed by atoms with E-state index in [1.54, 1.807) is 0 Å². The van der Waals surface area contributed by atoms with Crippen LogP contribution in [0.5, 0.6) is 0 Å². The fraction of sp³-hybridized carbons (Fsp3) is 0.674. The van der Waals surface area contributed by atoms with Crippen LogP contribution in [0.25, 0.3) is 0 Å². The average molecular weight is 619 g/mol. The monoisotopic (exact) mass is 619 g/mol. The molecule has 0 fully saturated rings. The molecule has 1 aromatic rings. The van der Waals surface area contributed by atoms with Gasteiger partial charge in [-0.3, -0.25) is 0 Å². The van der Waals surface area contributed by atoms with Gasteiger partial charge in [-0.15, -0.1) is 0 Å². The molecule has 1 rings (SSSR count). The lowest BCUT2D eigenvalue weighted by Crippen LogP contribution is -2.07. The molecule has 0 heterocycles. The Bertz CT molecular complexity index is 801. The van der Waals surface area contributed by atoms with Crippen LogP contribution >= 0.6 is 0 Å². The van der Waals surface area contributed by atoms with E-state index in [0.29, 0.717) is 11.8 Å². The highest BCUT2D eigenvalue weighted by atomic mass is 19.1. The molecule has 0 nitrogen and oxygen atoms in total. The van der Waals surface area contributed by atoms with Crippen molar-refractivity contribution in [3.8, 4) is 0 Å². The van der Waals surface area contributed by atoms with Crippen molar-refractivity contribution in [3.63, 3.8) is 0 Å². The Morgan fingerprint density at radius 1 is 0.841 bits per heavy atom. The number of hydrogen-bond acceptors (Lipinski definition) is 0. The van der Waals surface area contributed by atoms with Gasteiger partial charge in [-0.2, -0.15) is 0 Å². The van der Waals surface area contributed by atoms with Crippen molar-refractivity contribution >= 4 is 0 Å². The average Bonchev–Trinajstić information content (AvgIpc) is 2.99. The Kier molecular flexibility index (Phi) is 51.0. The van der Waals surface area contributed by atoms with Crippen molar-refractivity contribution in [2.75, 3.05) is 0 Å². The van der Waals surface area contributed by atoms with Crippen LogP contribution in [0.1, 0.15) is 168 Å². The fourth-order valence-corrected chi connectivity index (χ4v) is 3.46. The summed E-state index contributed by atoms with van der Waals surface area (Å²) in [4.78, 5) is 0. The third kappa shape index (κ3) is 44.5. The molecule has 0 radical (unpaired) electrons. The summed E-state index contributed by atoms with van der Waals surface area (Å²) in [5, 5.41) is 0. The summed E-state index contributed by atoms with van der Waals surface area (Å²) in [6, 6.07) is 8.61. The molecule has 2 atom stereocenters. The third-order valence-corrected chi connectivity index (χ3v) is 6.75. The van der Waals surface area contributed by atoms with Crippen LogP contribution in [0.15, 0.2) is 71.4 Å². The molecule has 1 heteroatoms. The van der Waals surface area contributed by atoms with Gasteiger partial charge >= 0.3 is 0 Å². The van der Waals surface area contributed by atoms with Crippen molar-refractivity contribution in [3.05, 3.63) is 82.5 Å². The van der Waals surface area contributed by atoms with Gasteiger partial charge in [0.05, 0.1) is 6.17 Å². The molecule has 0 saturated heterocycles. The number of alkyl halides is 1. The molecular formula is C43H83F. The van der Waals surface area contributed by atoms with Crippen molar-refractivity contribution in [2.24, 2.45) is 17.8 Å². The van der Waals surface area contributed by atoms with E-state index in [0.717, 1.165) is 18.8 Å². The zero-order valence-corrected chi connectivity index (χ0v) is 34.0. The highest BCUT2D eigenvalue weighted by Crippen LogP contribution is 2.24. The second-order valence-corrected chi connectivity index (χ2v) is 11.6. The maximum absolute atomic E-state index is 11.0. The molecular weight excluding hydrogens is 535 g/mol. The maximum Gasteiger partial charge on any atom is 0.0945 e. The van der Waals surface area contributed by atoms with E-state index in [2.05, 4.69) is 146 Å². The predicted molar refractivity (Wildman–Crippen MR) is 210 cm³/mol. The first-order chi connectivity index (χ1) is 20.6. The van der Waals surface area contributed by atoms with Crippen LogP contribution < -0.4 is 0 Å². The number of halogens is 1. The molecule has 0 aliphatic heterocycles. The molecule has 0 aromatic heterocycles. The standard InChI is InChI=1S/C11H20.C9H12.C9H16.C7H16.C3H7F.2C2H6/c1-7-11(9(4)5)10(6)8(2)3;1-3-9-6-4-5-8(2)7-9;1-5-8(3)7-9(4)6-2;1-4-6-7(3)5-2;1-3(2)4;2*1-2/h7-8,10H,4H2,1-3,5-6H3;4-7H,3H2,1-2H3;5,7H,6H2,1-4H3;7H,4-6H2,1-3H3;3H,1-2H3;2*1-2H3/b11-7-;;8-5+,9-7+;;;;. The van der Waals surface area contributed by atoms with E-state index in [1.807, 2.05) is 27.7 Å². The number of hydrogen-bond donors (Lipinski definition) is 0. The van der Waals surface area contributed by atoms with Crippen molar-refractivity contribution < 1.29 is 4.39 Å². The fourth-order valence-electron chi connectivity index (χ4n) is 3.46. The Balaban J connectivity index is -0.000000102. The Labute approximate surface area is 280 Å². The summed E-state index contributed by atoms with van der Waals surface area (Å²) in [6.45, 7) is 45.5. The lowest BCUT2D eigenvalue weighted by atomic mass is 9.86. The van der Waals surface area contributed by atoms with Crippen LogP contribution in [0.2, 0.25) is 0 Å². The van der Waals surface area contributed by atoms with Crippen molar-refractivity contribution in [1.82, 2.24) is 0 Å². The number of benzene rings is 1. The van der Waals surface area contributed by atoms with Crippen LogP contribution in [0.4, 0.5) is 4.39 Å². The topological polar surface area (TPSA) is 0 Å². The first-order valence-electron chi connectivity index (χ1n) is 17.9. The van der Waals surface area contributed by atoms with Crippen LogP contribution in [0.3, 0.4) is 0 Å². The first kappa shape index (κ1) is 54.6. The summed E-state index contributed by atoms with van der Waals surface area (Å²) in [5.74, 6) is 2.29. The van der Waals surface area contributed by atoms with E-state index in [-0.39, 0.29) is 0 Å². The summed E-state index contributed by atoms with van der Waals surface area (Å²) < 4.78 is 11.0. The van der Waals surface area contributed by atoms with Crippen LogP contribution in [0, 0.1) is 24.7 Å². The van der Waals surface area contributed by atoms with Gasteiger partial charge in [0.2, 0.25) is 0 Å². The largest absolute Gasteiger partial charge is 0.248 e. The van der Waals surface area contributed by atoms with Crippen molar-refractivity contribution in [1.29, 1.82) is 0 Å². The molecule has 0 spiro atoms. The summed E-state index contributed by atoms with van der Waals surface area (Å²) >= 11 is 0. The SMILES string of the molecule is C/C=C(C)/C=C(\C)CC.C=C(C)/C(=C/C)C(C)C(C)C.CC.CC.CC(C)F.CCCC(C)CC.CCc1cccc(C)c1. The van der Waals surface area contributed by atoms with Gasteiger partial charge in [-0.1, -0.05) is 174 Å². The lowest BCUT2D eigenvalue weighted by Gasteiger charge is -2.19. The summed E-state index contributed by atoms with van der Waals surface area (Å²) in [6.07, 6.45) is 12.2. The van der Waals surface area contributed by atoms with E-state index in [9.17, 15) is 4.39 Å². The molecule has 0 N–H and O–H groups in total. The smallest absolute Gasteiger partial charge is 0.0945 e. The Morgan fingerprint density at radius 3 is 1.52 bits per heavy atom. The molecule has 262 valence electrons. The second-order valence-electron chi connectivity index (χ2n) is 11.6. The zero-order valence-electron chi connectivity index (χ0n) is 34.0. The molecule has 2 unspecified atom stereocenters. The van der Waals surface area contributed by atoms with E-state index < -0.39 is 6.17 Å². The molecule has 44 heavy (non-hydrogen) atoms. The Hall–Kier alpha value is -1.89. The minimum absolute atomic E-state index is 0.637. The van der Waals surface area contributed by atoms with E-state index >= 15 is 0 Å². The zero-order chi connectivity index (χ0) is 36.3. The summed E-state index contributed by atoms with van der Waals surface area (Å²) in [5.41, 5.74) is 8.19. The molecule has 0 aliphatic rings. The van der Waals surface area contributed by atoms with Gasteiger partial charge in [-0.05, 0) is 97.1 Å². The molecule has 0 saturated carbocycles. The minimum atomic E-state index is -0.667. The molecule has 0 amide bonds. The predicted octanol–water partition coefficient (Wildman–Crippen LogP) is 15.9. The van der Waals surface area contributed by atoms with Gasteiger partial charge in [0.1, 0.15) is 0 Å². The van der Waals surface area contributed by atoms with Gasteiger partial charge in [0, 0.05) is 0 Å². The van der Waals surface area contributed by atoms with Gasteiger partial charge in [-0.25, -0.2) is 4.39 Å². The first-order valence-corrected chi connectivity index (χ1v) is 17.9. The molecule has 0 bridgehead atoms. The van der Waals surface area contributed by atoms with E-state index in [1.165, 1.54) is 66.5 Å². The maximum atomic E-state index is 11.0. The molecule has 0 aliphatic carbocycles. The van der Waals surface area contributed by atoms with Crippen molar-refractivity contribution in [2.45, 2.75) is 177 Å². The second kappa shape index (κ2) is 41.1. The van der Waals surface area contributed by atoms with Crippen LogP contribution in [-0.2, 0) is 6.42 Å². The lowest BCUT2D eigenvalue weighted by molar-refractivity contribution is 0.391. The molecule has 1 aromatic carbocycles. The van der Waals surface area contributed by atoms with E-state index in [4.69, 9.17) is 0 Å². The van der Waals surface area contributed by atoms with Gasteiger partial charge < -0.3 is 0 Å². The normalized spacial score (nSPS) is 12.0. The van der Waals surface area contributed by atoms with Gasteiger partial charge in [0.15, 0.2) is 0 Å².